The molecule has 0 aromatic heterocycles. The molecule has 6 rings (SSSR count). The van der Waals surface area contributed by atoms with Gasteiger partial charge in [-0.15, -0.1) is 0 Å². The second kappa shape index (κ2) is 18.3. The summed E-state index contributed by atoms with van der Waals surface area (Å²) in [4.78, 5) is 15.1. The SMILES string of the molecule is CS(=O)(=O)c1cc(OC[C@@H](O)CN(Cc2ccccc2)C2CCC(c3ccc(C(=O)NCc4ccc(F)cc4)cc3)CC2)ccc1OCc1ccccc1. The molecule has 0 aliphatic heterocycles. The molecule has 0 heterocycles. The number of carbonyl (C=O) groups excluding carboxylic acids is 1. The number of sulfone groups is 1. The van der Waals surface area contributed by atoms with Gasteiger partial charge in [-0.1, -0.05) is 84.9 Å². The molecule has 5 aromatic carbocycles. The van der Waals surface area contributed by atoms with Crippen LogP contribution in [-0.4, -0.2) is 55.9 Å². The van der Waals surface area contributed by atoms with Crippen molar-refractivity contribution in [3.05, 3.63) is 161 Å². The normalized spacial score (nSPS) is 16.4. The second-order valence-electron chi connectivity index (χ2n) is 14.0. The van der Waals surface area contributed by atoms with Gasteiger partial charge in [-0.05, 0) is 90.3 Å². The molecular formula is C44H47FN2O6S. The number of nitrogens with zero attached hydrogens (tertiary/aromatic N) is 1. The Labute approximate surface area is 317 Å². The first-order valence-electron chi connectivity index (χ1n) is 18.3. The largest absolute Gasteiger partial charge is 0.491 e. The number of hydrogen-bond acceptors (Lipinski definition) is 7. The fourth-order valence-electron chi connectivity index (χ4n) is 6.97. The van der Waals surface area contributed by atoms with Crippen LogP contribution in [-0.2, 0) is 29.5 Å². The number of hydrogen-bond donors (Lipinski definition) is 2. The minimum atomic E-state index is -3.61. The highest BCUT2D eigenvalue weighted by molar-refractivity contribution is 7.90. The van der Waals surface area contributed by atoms with Gasteiger partial charge in [0.1, 0.15) is 41.5 Å². The number of ether oxygens (including phenoxy) is 2. The number of nitrogens with one attached hydrogen (secondary N) is 1. The van der Waals surface area contributed by atoms with E-state index in [-0.39, 0.29) is 41.6 Å². The fraction of sp³-hybridized carbons (Fsp3) is 0.295. The molecule has 1 aliphatic rings. The van der Waals surface area contributed by atoms with E-state index in [1.165, 1.54) is 23.8 Å². The zero-order chi connectivity index (χ0) is 37.9. The maximum Gasteiger partial charge on any atom is 0.251 e. The van der Waals surface area contributed by atoms with Crippen molar-refractivity contribution >= 4 is 15.7 Å². The van der Waals surface area contributed by atoms with Crippen LogP contribution in [0.4, 0.5) is 4.39 Å². The lowest BCUT2D eigenvalue weighted by molar-refractivity contribution is 0.0383. The Hall–Kier alpha value is -5.03. The Morgan fingerprint density at radius 3 is 2.11 bits per heavy atom. The number of amides is 1. The summed E-state index contributed by atoms with van der Waals surface area (Å²) in [6.45, 7) is 1.63. The first-order chi connectivity index (χ1) is 26.1. The molecule has 0 spiro atoms. The third-order valence-electron chi connectivity index (χ3n) is 9.89. The smallest absolute Gasteiger partial charge is 0.251 e. The molecule has 10 heteroatoms. The minimum Gasteiger partial charge on any atom is -0.491 e. The van der Waals surface area contributed by atoms with Gasteiger partial charge in [-0.2, -0.15) is 0 Å². The molecule has 282 valence electrons. The Morgan fingerprint density at radius 2 is 1.46 bits per heavy atom. The van der Waals surface area contributed by atoms with E-state index in [0.29, 0.717) is 36.9 Å². The standard InChI is InChI=1S/C44H47FN2O6S/c1-54(50,51)43-26-41(24-25-42(43)53-30-34-10-6-3-7-11-34)52-31-40(48)29-47(28-33-8-4-2-5-9-33)39-22-18-36(19-23-39)35-14-16-37(17-15-35)44(49)46-27-32-12-20-38(45)21-13-32/h2-17,20-21,24-26,36,39-40,48H,18-19,22-23,27-31H2,1H3,(H,46,49)/t36?,39?,40-/m0/s1. The third-order valence-corrected chi connectivity index (χ3v) is 11.0. The van der Waals surface area contributed by atoms with E-state index in [2.05, 4.69) is 22.3 Å². The first-order valence-corrected chi connectivity index (χ1v) is 20.2. The van der Waals surface area contributed by atoms with Gasteiger partial charge in [0.05, 0.1) is 0 Å². The van der Waals surface area contributed by atoms with Crippen molar-refractivity contribution in [1.29, 1.82) is 0 Å². The van der Waals surface area contributed by atoms with Gasteiger partial charge >= 0.3 is 0 Å². The molecule has 0 unspecified atom stereocenters. The monoisotopic (exact) mass is 750 g/mol. The summed E-state index contributed by atoms with van der Waals surface area (Å²) >= 11 is 0. The van der Waals surface area contributed by atoms with Crippen LogP contribution in [0.15, 0.2) is 132 Å². The van der Waals surface area contributed by atoms with Gasteiger partial charge < -0.3 is 19.9 Å². The van der Waals surface area contributed by atoms with E-state index in [0.717, 1.165) is 48.6 Å². The average molecular weight is 751 g/mol. The number of aliphatic hydroxyl groups is 1. The van der Waals surface area contributed by atoms with Gasteiger partial charge in [0.2, 0.25) is 0 Å². The molecule has 1 atom stereocenters. The van der Waals surface area contributed by atoms with Crippen LogP contribution in [0.1, 0.15) is 64.2 Å². The van der Waals surface area contributed by atoms with E-state index in [1.54, 1.807) is 24.3 Å². The lowest BCUT2D eigenvalue weighted by Gasteiger charge is -2.38. The van der Waals surface area contributed by atoms with Gasteiger partial charge in [-0.3, -0.25) is 9.69 Å². The molecule has 1 amide bonds. The average Bonchev–Trinajstić information content (AvgIpc) is 3.19. The topological polar surface area (TPSA) is 105 Å². The molecule has 2 N–H and O–H groups in total. The van der Waals surface area contributed by atoms with E-state index in [4.69, 9.17) is 9.47 Å². The Kier molecular flexibility index (Phi) is 13.1. The summed E-state index contributed by atoms with van der Waals surface area (Å²) < 4.78 is 50.4. The summed E-state index contributed by atoms with van der Waals surface area (Å²) in [5.41, 5.74) is 4.70. The quantitative estimate of drug-likeness (QED) is 0.107. The number of carbonyl (C=O) groups is 1. The Balaban J connectivity index is 1.04. The van der Waals surface area contributed by atoms with E-state index in [1.807, 2.05) is 72.8 Å². The maximum atomic E-state index is 13.2. The molecule has 1 fully saturated rings. The molecule has 0 bridgehead atoms. The third kappa shape index (κ3) is 11.0. The molecule has 0 saturated heterocycles. The van der Waals surface area contributed by atoms with Crippen molar-refractivity contribution in [2.45, 2.75) is 68.3 Å². The molecule has 1 aliphatic carbocycles. The van der Waals surface area contributed by atoms with Crippen molar-refractivity contribution in [2.24, 2.45) is 0 Å². The van der Waals surface area contributed by atoms with Gasteiger partial charge in [0.25, 0.3) is 5.91 Å². The van der Waals surface area contributed by atoms with Crippen LogP contribution >= 0.6 is 0 Å². The molecular weight excluding hydrogens is 704 g/mol. The van der Waals surface area contributed by atoms with E-state index >= 15 is 0 Å². The van der Waals surface area contributed by atoms with Crippen LogP contribution < -0.4 is 14.8 Å². The van der Waals surface area contributed by atoms with Crippen LogP contribution in [0.2, 0.25) is 0 Å². The minimum absolute atomic E-state index is 0.00210. The zero-order valence-corrected chi connectivity index (χ0v) is 31.3. The maximum absolute atomic E-state index is 13.2. The van der Waals surface area contributed by atoms with Crippen molar-refractivity contribution in [1.82, 2.24) is 10.2 Å². The van der Waals surface area contributed by atoms with Crippen LogP contribution in [0.5, 0.6) is 11.5 Å². The van der Waals surface area contributed by atoms with Gasteiger partial charge in [0.15, 0.2) is 9.84 Å². The van der Waals surface area contributed by atoms with Crippen LogP contribution in [0.25, 0.3) is 0 Å². The van der Waals surface area contributed by atoms with Crippen molar-refractivity contribution in [3.8, 4) is 11.5 Å². The summed E-state index contributed by atoms with van der Waals surface area (Å²) in [6, 6.07) is 38.6. The van der Waals surface area contributed by atoms with Gasteiger partial charge in [-0.25, -0.2) is 12.8 Å². The Morgan fingerprint density at radius 1 is 0.815 bits per heavy atom. The lowest BCUT2D eigenvalue weighted by Crippen LogP contribution is -2.43. The summed E-state index contributed by atoms with van der Waals surface area (Å²) in [5.74, 6) is 0.479. The number of benzene rings is 5. The van der Waals surface area contributed by atoms with Crippen LogP contribution in [0, 0.1) is 5.82 Å². The lowest BCUT2D eigenvalue weighted by atomic mass is 9.81. The predicted octanol–water partition coefficient (Wildman–Crippen LogP) is 7.71. The molecule has 1 saturated carbocycles. The van der Waals surface area contributed by atoms with Crippen molar-refractivity contribution in [3.63, 3.8) is 0 Å². The molecule has 5 aromatic rings. The summed E-state index contributed by atoms with van der Waals surface area (Å²) in [5, 5.41) is 14.1. The highest BCUT2D eigenvalue weighted by Crippen LogP contribution is 2.36. The van der Waals surface area contributed by atoms with E-state index in [9.17, 15) is 22.7 Å². The Bertz CT molecular complexity index is 2050. The van der Waals surface area contributed by atoms with Crippen molar-refractivity contribution in [2.75, 3.05) is 19.4 Å². The predicted molar refractivity (Wildman–Crippen MR) is 208 cm³/mol. The number of aliphatic hydroxyl groups excluding tert-OH is 1. The number of halogens is 1. The van der Waals surface area contributed by atoms with Crippen LogP contribution in [0.3, 0.4) is 0 Å². The van der Waals surface area contributed by atoms with Gasteiger partial charge in [0, 0.05) is 43.6 Å². The summed E-state index contributed by atoms with van der Waals surface area (Å²) in [7, 11) is -3.61. The molecule has 54 heavy (non-hydrogen) atoms. The first kappa shape index (κ1) is 38.7. The highest BCUT2D eigenvalue weighted by atomic mass is 32.2. The number of rotatable bonds is 16. The van der Waals surface area contributed by atoms with E-state index < -0.39 is 15.9 Å². The fourth-order valence-corrected chi connectivity index (χ4v) is 7.79. The second-order valence-corrected chi connectivity index (χ2v) is 16.0. The molecule has 0 radical (unpaired) electrons. The molecule has 8 nitrogen and oxygen atoms in total. The van der Waals surface area contributed by atoms with Crippen molar-refractivity contribution < 1.29 is 32.2 Å². The highest BCUT2D eigenvalue weighted by Gasteiger charge is 2.28. The summed E-state index contributed by atoms with van der Waals surface area (Å²) in [6.07, 6.45) is 4.18. The zero-order valence-electron chi connectivity index (χ0n) is 30.4.